The third kappa shape index (κ3) is 2.73. The SMILES string of the molecule is CCC1(CC)O[C@@H]2[C@@H](CN=[N+]=[N-])OC(OC(C)=O)[C@@H]2O1. The van der Waals surface area contributed by atoms with Crippen molar-refractivity contribution in [2.45, 2.75) is 64.0 Å². The maximum atomic E-state index is 11.1. The molecule has 0 amide bonds. The number of carbonyl (C=O) groups is 1. The molecule has 2 heterocycles. The number of esters is 1. The van der Waals surface area contributed by atoms with Gasteiger partial charge in [0.1, 0.15) is 6.10 Å². The van der Waals surface area contributed by atoms with Crippen LogP contribution in [-0.4, -0.2) is 42.9 Å². The van der Waals surface area contributed by atoms with Crippen LogP contribution in [-0.2, 0) is 23.7 Å². The summed E-state index contributed by atoms with van der Waals surface area (Å²) in [6.45, 7) is 5.35. The van der Waals surface area contributed by atoms with E-state index in [1.54, 1.807) is 0 Å². The molecule has 8 heteroatoms. The van der Waals surface area contributed by atoms with Crippen molar-refractivity contribution in [1.29, 1.82) is 0 Å². The zero-order chi connectivity index (χ0) is 14.8. The van der Waals surface area contributed by atoms with E-state index in [4.69, 9.17) is 24.5 Å². The summed E-state index contributed by atoms with van der Waals surface area (Å²) in [5.41, 5.74) is 8.42. The molecule has 2 aliphatic rings. The maximum absolute atomic E-state index is 11.1. The third-order valence-electron chi connectivity index (χ3n) is 3.65. The van der Waals surface area contributed by atoms with Gasteiger partial charge in [-0.1, -0.05) is 19.0 Å². The van der Waals surface area contributed by atoms with Crippen molar-refractivity contribution in [2.75, 3.05) is 6.54 Å². The second-order valence-corrected chi connectivity index (χ2v) is 4.85. The van der Waals surface area contributed by atoms with Crippen molar-refractivity contribution in [3.8, 4) is 0 Å². The fourth-order valence-electron chi connectivity index (χ4n) is 2.59. The minimum atomic E-state index is -0.823. The summed E-state index contributed by atoms with van der Waals surface area (Å²) < 4.78 is 22.6. The minimum absolute atomic E-state index is 0.113. The number of hydrogen-bond acceptors (Lipinski definition) is 6. The quantitative estimate of drug-likeness (QED) is 0.332. The lowest BCUT2D eigenvalue weighted by atomic mass is 10.1. The highest BCUT2D eigenvalue weighted by molar-refractivity contribution is 5.66. The van der Waals surface area contributed by atoms with Crippen LogP contribution in [0.5, 0.6) is 0 Å². The Hall–Kier alpha value is -1.34. The molecule has 8 nitrogen and oxygen atoms in total. The van der Waals surface area contributed by atoms with Crippen molar-refractivity contribution in [3.05, 3.63) is 10.4 Å². The summed E-state index contributed by atoms with van der Waals surface area (Å²) >= 11 is 0. The van der Waals surface area contributed by atoms with E-state index in [1.807, 2.05) is 13.8 Å². The molecular formula is C12H19N3O5. The molecule has 0 N–H and O–H groups in total. The number of fused-ring (bicyclic) bond motifs is 1. The van der Waals surface area contributed by atoms with Gasteiger partial charge in [-0.25, -0.2) is 0 Å². The summed E-state index contributed by atoms with van der Waals surface area (Å²) in [7, 11) is 0. The molecule has 112 valence electrons. The summed E-state index contributed by atoms with van der Waals surface area (Å²) in [5.74, 6) is -1.14. The van der Waals surface area contributed by atoms with E-state index < -0.39 is 36.4 Å². The molecule has 1 unspecified atom stereocenters. The lowest BCUT2D eigenvalue weighted by Crippen LogP contribution is -2.35. The highest BCUT2D eigenvalue weighted by Crippen LogP contribution is 2.42. The predicted molar refractivity (Wildman–Crippen MR) is 67.5 cm³/mol. The minimum Gasteiger partial charge on any atom is -0.433 e. The average Bonchev–Trinajstić information content (AvgIpc) is 2.94. The molecule has 2 saturated heterocycles. The summed E-state index contributed by atoms with van der Waals surface area (Å²) in [5, 5.41) is 3.51. The smallest absolute Gasteiger partial charge is 0.305 e. The highest BCUT2D eigenvalue weighted by atomic mass is 16.8. The largest absolute Gasteiger partial charge is 0.433 e. The Morgan fingerprint density at radius 2 is 2.00 bits per heavy atom. The van der Waals surface area contributed by atoms with Crippen molar-refractivity contribution in [3.63, 3.8) is 0 Å². The van der Waals surface area contributed by atoms with E-state index in [0.29, 0.717) is 12.8 Å². The Morgan fingerprint density at radius 3 is 2.55 bits per heavy atom. The molecular weight excluding hydrogens is 266 g/mol. The van der Waals surface area contributed by atoms with Gasteiger partial charge >= 0.3 is 5.97 Å². The Labute approximate surface area is 116 Å². The van der Waals surface area contributed by atoms with E-state index in [1.165, 1.54) is 6.92 Å². The molecule has 4 atom stereocenters. The third-order valence-corrected chi connectivity index (χ3v) is 3.65. The van der Waals surface area contributed by atoms with Crippen LogP contribution in [0.3, 0.4) is 0 Å². The van der Waals surface area contributed by atoms with Crippen molar-refractivity contribution >= 4 is 5.97 Å². The summed E-state index contributed by atoms with van der Waals surface area (Å²) in [6.07, 6.45) is -0.825. The fraction of sp³-hybridized carbons (Fsp3) is 0.917. The van der Waals surface area contributed by atoms with Gasteiger partial charge in [0.2, 0.25) is 6.29 Å². The first-order chi connectivity index (χ1) is 9.55. The van der Waals surface area contributed by atoms with E-state index >= 15 is 0 Å². The standard InChI is InChI=1S/C12H19N3O5/c1-4-12(5-2)19-9-8(6-14-15-13)18-11(10(9)20-12)17-7(3)16/h8-11H,4-6H2,1-3H3/t8-,9-,10-,11?/m1/s1. The van der Waals surface area contributed by atoms with Crippen LogP contribution in [0.1, 0.15) is 33.6 Å². The molecule has 0 aliphatic carbocycles. The number of ether oxygens (including phenoxy) is 4. The monoisotopic (exact) mass is 285 g/mol. The van der Waals surface area contributed by atoms with Gasteiger partial charge in [0.05, 0.1) is 12.6 Å². The van der Waals surface area contributed by atoms with Gasteiger partial charge in [-0.05, 0) is 18.4 Å². The molecule has 20 heavy (non-hydrogen) atoms. The van der Waals surface area contributed by atoms with Crippen LogP contribution in [0.4, 0.5) is 0 Å². The van der Waals surface area contributed by atoms with E-state index in [2.05, 4.69) is 10.0 Å². The number of azide groups is 1. The summed E-state index contributed by atoms with van der Waals surface area (Å²) in [4.78, 5) is 13.8. The first-order valence-electron chi connectivity index (χ1n) is 6.74. The lowest BCUT2D eigenvalue weighted by Gasteiger charge is -2.28. The molecule has 0 aromatic carbocycles. The van der Waals surface area contributed by atoms with Gasteiger partial charge in [0.25, 0.3) is 0 Å². The molecule has 0 bridgehead atoms. The number of carbonyl (C=O) groups excluding carboxylic acids is 1. The molecule has 2 rings (SSSR count). The first kappa shape index (κ1) is 15.1. The second-order valence-electron chi connectivity index (χ2n) is 4.85. The second kappa shape index (κ2) is 5.97. The van der Waals surface area contributed by atoms with Gasteiger partial charge in [-0.15, -0.1) is 0 Å². The number of hydrogen-bond donors (Lipinski definition) is 0. The number of nitrogens with zero attached hydrogens (tertiary/aromatic N) is 3. The normalized spacial score (nSPS) is 34.4. The van der Waals surface area contributed by atoms with E-state index in [9.17, 15) is 4.79 Å². The van der Waals surface area contributed by atoms with Crippen LogP contribution < -0.4 is 0 Å². The zero-order valence-electron chi connectivity index (χ0n) is 11.8. The van der Waals surface area contributed by atoms with Crippen molar-refractivity contribution in [1.82, 2.24) is 0 Å². The Morgan fingerprint density at radius 1 is 1.35 bits per heavy atom. The van der Waals surface area contributed by atoms with Crippen molar-refractivity contribution in [2.24, 2.45) is 5.11 Å². The highest BCUT2D eigenvalue weighted by Gasteiger charge is 2.58. The lowest BCUT2D eigenvalue weighted by molar-refractivity contribution is -0.244. The molecule has 2 aliphatic heterocycles. The molecule has 0 radical (unpaired) electrons. The van der Waals surface area contributed by atoms with E-state index in [-0.39, 0.29) is 6.54 Å². The van der Waals surface area contributed by atoms with Crippen LogP contribution >= 0.6 is 0 Å². The Balaban J connectivity index is 2.16. The molecule has 0 spiro atoms. The Bertz CT molecular complexity index is 399. The zero-order valence-corrected chi connectivity index (χ0v) is 11.8. The number of rotatable bonds is 5. The average molecular weight is 285 g/mol. The molecule has 2 fully saturated rings. The van der Waals surface area contributed by atoms with E-state index in [0.717, 1.165) is 0 Å². The predicted octanol–water partition coefficient (Wildman–Crippen LogP) is 1.89. The van der Waals surface area contributed by atoms with Gasteiger partial charge in [-0.3, -0.25) is 4.79 Å². The molecule has 0 saturated carbocycles. The van der Waals surface area contributed by atoms with Crippen LogP contribution in [0.2, 0.25) is 0 Å². The van der Waals surface area contributed by atoms with Gasteiger partial charge in [0.15, 0.2) is 11.9 Å². The van der Waals surface area contributed by atoms with Crippen LogP contribution in [0.25, 0.3) is 10.4 Å². The van der Waals surface area contributed by atoms with Gasteiger partial charge in [0, 0.05) is 11.8 Å². The van der Waals surface area contributed by atoms with Crippen LogP contribution in [0, 0.1) is 0 Å². The Kier molecular flexibility index (Phi) is 4.49. The maximum Gasteiger partial charge on any atom is 0.305 e. The van der Waals surface area contributed by atoms with Crippen molar-refractivity contribution < 1.29 is 23.7 Å². The summed E-state index contributed by atoms with van der Waals surface area (Å²) in [6, 6.07) is 0. The molecule has 0 aromatic heterocycles. The van der Waals surface area contributed by atoms with Crippen LogP contribution in [0.15, 0.2) is 5.11 Å². The first-order valence-corrected chi connectivity index (χ1v) is 6.74. The molecule has 0 aromatic rings. The van der Waals surface area contributed by atoms with Gasteiger partial charge < -0.3 is 18.9 Å². The fourth-order valence-corrected chi connectivity index (χ4v) is 2.59. The van der Waals surface area contributed by atoms with Gasteiger partial charge in [-0.2, -0.15) is 0 Å². The topological polar surface area (TPSA) is 103 Å².